The first-order valence-corrected chi connectivity index (χ1v) is 8.90. The van der Waals surface area contributed by atoms with Crippen LogP contribution in [0, 0.1) is 0 Å². The average molecular weight is 401 g/mol. The van der Waals surface area contributed by atoms with Crippen LogP contribution in [0.1, 0.15) is 5.89 Å². The molecular formula is C14H17BrN4O3S. The van der Waals surface area contributed by atoms with Gasteiger partial charge < -0.3 is 14.2 Å². The predicted octanol–water partition coefficient (Wildman–Crippen LogP) is 1.85. The van der Waals surface area contributed by atoms with Gasteiger partial charge in [0.25, 0.3) is 0 Å². The minimum Gasteiger partial charge on any atom is -0.378 e. The summed E-state index contributed by atoms with van der Waals surface area (Å²) >= 11 is 4.95. The van der Waals surface area contributed by atoms with Crippen molar-refractivity contribution in [3.05, 3.63) is 21.8 Å². The number of rotatable bonds is 5. The van der Waals surface area contributed by atoms with Crippen molar-refractivity contribution in [1.82, 2.24) is 19.9 Å². The van der Waals surface area contributed by atoms with Crippen LogP contribution in [0.2, 0.25) is 0 Å². The second kappa shape index (κ2) is 7.52. The van der Waals surface area contributed by atoms with Crippen molar-refractivity contribution in [2.75, 3.05) is 39.9 Å². The summed E-state index contributed by atoms with van der Waals surface area (Å²) in [5, 5.41) is 5.96. The van der Waals surface area contributed by atoms with Crippen molar-refractivity contribution >= 4 is 33.2 Å². The highest BCUT2D eigenvalue weighted by molar-refractivity contribution is 9.10. The summed E-state index contributed by atoms with van der Waals surface area (Å²) in [5.41, 5.74) is 0. The number of hydrogen-bond donors (Lipinski definition) is 0. The number of morpholine rings is 1. The Morgan fingerprint density at radius 1 is 1.48 bits per heavy atom. The third-order valence-electron chi connectivity index (χ3n) is 3.43. The van der Waals surface area contributed by atoms with Crippen LogP contribution in [0.3, 0.4) is 0 Å². The fraction of sp³-hybridized carbons (Fsp3) is 0.500. The van der Waals surface area contributed by atoms with E-state index in [4.69, 9.17) is 9.26 Å². The molecular weight excluding hydrogens is 384 g/mol. The molecule has 3 heterocycles. The van der Waals surface area contributed by atoms with Gasteiger partial charge in [-0.15, -0.1) is 11.3 Å². The Balaban J connectivity index is 1.54. The number of nitrogens with zero attached hydrogens (tertiary/aromatic N) is 4. The zero-order chi connectivity index (χ0) is 16.2. The zero-order valence-corrected chi connectivity index (χ0v) is 15.1. The van der Waals surface area contributed by atoms with E-state index < -0.39 is 0 Å². The Kier molecular flexibility index (Phi) is 5.42. The minimum atomic E-state index is 0.0951. The molecule has 0 aromatic carbocycles. The predicted molar refractivity (Wildman–Crippen MR) is 89.0 cm³/mol. The molecule has 2 aromatic rings. The van der Waals surface area contributed by atoms with E-state index >= 15 is 0 Å². The van der Waals surface area contributed by atoms with Gasteiger partial charge in [-0.3, -0.25) is 9.69 Å². The lowest BCUT2D eigenvalue weighted by molar-refractivity contribution is -0.136. The lowest BCUT2D eigenvalue weighted by Gasteiger charge is -2.28. The Bertz CT molecular complexity index is 669. The third-order valence-corrected chi connectivity index (χ3v) is 5.12. The fourth-order valence-electron chi connectivity index (χ4n) is 2.28. The smallest absolute Gasteiger partial charge is 0.241 e. The highest BCUT2D eigenvalue weighted by atomic mass is 79.9. The number of thiophene rings is 1. The topological polar surface area (TPSA) is 71.7 Å². The molecule has 124 valence electrons. The molecule has 3 rings (SSSR count). The Hall–Kier alpha value is -1.29. The van der Waals surface area contributed by atoms with Crippen molar-refractivity contribution in [3.63, 3.8) is 0 Å². The van der Waals surface area contributed by atoms with Gasteiger partial charge in [-0.2, -0.15) is 4.98 Å². The van der Waals surface area contributed by atoms with Crippen LogP contribution in [0.15, 0.2) is 20.4 Å². The minimum absolute atomic E-state index is 0.0951. The number of amides is 1. The van der Waals surface area contributed by atoms with Gasteiger partial charge in [0.1, 0.15) is 0 Å². The molecule has 9 heteroatoms. The number of carbonyl (C=O) groups is 1. The fourth-order valence-corrected chi connectivity index (χ4v) is 3.63. The van der Waals surface area contributed by atoms with Gasteiger partial charge in [-0.05, 0) is 29.0 Å². The molecule has 0 N–H and O–H groups in total. The van der Waals surface area contributed by atoms with Crippen LogP contribution in [0.25, 0.3) is 10.7 Å². The van der Waals surface area contributed by atoms with Crippen LogP contribution >= 0.6 is 27.3 Å². The van der Waals surface area contributed by atoms with E-state index in [0.29, 0.717) is 51.1 Å². The zero-order valence-electron chi connectivity index (χ0n) is 12.7. The summed E-state index contributed by atoms with van der Waals surface area (Å²) in [5.74, 6) is 1.17. The summed E-state index contributed by atoms with van der Waals surface area (Å²) in [4.78, 5) is 21.2. The lowest BCUT2D eigenvalue weighted by atomic mass is 10.3. The maximum Gasteiger partial charge on any atom is 0.241 e. The monoisotopic (exact) mass is 400 g/mol. The molecule has 1 aliphatic heterocycles. The summed E-state index contributed by atoms with van der Waals surface area (Å²) in [6, 6.07) is 1.95. The van der Waals surface area contributed by atoms with Gasteiger partial charge in [0.15, 0.2) is 0 Å². The number of likely N-dealkylation sites (N-methyl/N-ethyl adjacent to an activating group) is 1. The normalized spacial score (nSPS) is 15.3. The molecule has 1 fully saturated rings. The molecule has 7 nitrogen and oxygen atoms in total. The summed E-state index contributed by atoms with van der Waals surface area (Å²) < 4.78 is 11.5. The van der Waals surface area contributed by atoms with Crippen molar-refractivity contribution < 1.29 is 14.1 Å². The Morgan fingerprint density at radius 2 is 2.26 bits per heavy atom. The first-order valence-electron chi connectivity index (χ1n) is 7.23. The maximum atomic E-state index is 12.2. The molecule has 2 aromatic heterocycles. The van der Waals surface area contributed by atoms with Crippen molar-refractivity contribution in [3.8, 4) is 10.7 Å². The van der Waals surface area contributed by atoms with Crippen LogP contribution in [0.4, 0.5) is 0 Å². The van der Waals surface area contributed by atoms with Gasteiger partial charge in [0, 0.05) is 22.9 Å². The number of ether oxygens (including phenoxy) is 1. The first kappa shape index (κ1) is 16.6. The second-order valence-electron chi connectivity index (χ2n) is 5.31. The summed E-state index contributed by atoms with van der Waals surface area (Å²) in [6.45, 7) is 3.30. The van der Waals surface area contributed by atoms with Gasteiger partial charge in [-0.25, -0.2) is 0 Å². The first-order chi connectivity index (χ1) is 11.1. The highest BCUT2D eigenvalue weighted by Gasteiger charge is 2.19. The number of hydrogen-bond acceptors (Lipinski definition) is 7. The van der Waals surface area contributed by atoms with E-state index in [1.165, 1.54) is 0 Å². The molecule has 1 saturated heterocycles. The Morgan fingerprint density at radius 3 is 2.96 bits per heavy atom. The summed E-state index contributed by atoms with van der Waals surface area (Å²) in [7, 11) is 1.87. The molecule has 0 aliphatic carbocycles. The number of halogens is 1. The maximum absolute atomic E-state index is 12.2. The van der Waals surface area contributed by atoms with Crippen molar-refractivity contribution in [1.29, 1.82) is 0 Å². The second-order valence-corrected chi connectivity index (χ2v) is 7.13. The molecule has 0 unspecified atom stereocenters. The largest absolute Gasteiger partial charge is 0.378 e. The SMILES string of the molecule is CN(CC(=O)N1CCOCC1)Cc1nc(-c2cc(Br)cs2)no1. The van der Waals surface area contributed by atoms with Crippen molar-refractivity contribution in [2.45, 2.75) is 6.54 Å². The molecule has 23 heavy (non-hydrogen) atoms. The van der Waals surface area contributed by atoms with E-state index in [0.717, 1.165) is 9.35 Å². The van der Waals surface area contributed by atoms with Gasteiger partial charge in [0.2, 0.25) is 17.6 Å². The van der Waals surface area contributed by atoms with E-state index in [1.807, 2.05) is 28.3 Å². The molecule has 0 saturated carbocycles. The van der Waals surface area contributed by atoms with E-state index in [9.17, 15) is 4.79 Å². The van der Waals surface area contributed by atoms with Gasteiger partial charge in [-0.1, -0.05) is 5.16 Å². The average Bonchev–Trinajstić information content (AvgIpc) is 3.17. The molecule has 0 spiro atoms. The van der Waals surface area contributed by atoms with E-state index in [-0.39, 0.29) is 5.91 Å². The van der Waals surface area contributed by atoms with E-state index in [2.05, 4.69) is 26.1 Å². The molecule has 0 atom stereocenters. The van der Waals surface area contributed by atoms with Crippen LogP contribution in [0.5, 0.6) is 0 Å². The Labute approximate surface area is 146 Å². The number of aromatic nitrogens is 2. The van der Waals surface area contributed by atoms with Crippen molar-refractivity contribution in [2.24, 2.45) is 0 Å². The molecule has 1 amide bonds. The highest BCUT2D eigenvalue weighted by Crippen LogP contribution is 2.27. The van der Waals surface area contributed by atoms with Crippen LogP contribution in [-0.2, 0) is 16.1 Å². The third kappa shape index (κ3) is 4.37. The molecule has 0 radical (unpaired) electrons. The standard InChI is InChI=1S/C14H17BrN4O3S/c1-18(8-13(20)19-2-4-21-5-3-19)7-12-16-14(17-22-12)11-6-10(15)9-23-11/h6,9H,2-5,7-8H2,1H3. The summed E-state index contributed by atoms with van der Waals surface area (Å²) in [6.07, 6.45) is 0. The van der Waals surface area contributed by atoms with Gasteiger partial charge >= 0.3 is 0 Å². The number of carbonyl (C=O) groups excluding carboxylic acids is 1. The van der Waals surface area contributed by atoms with Crippen LogP contribution in [-0.4, -0.2) is 65.7 Å². The van der Waals surface area contributed by atoms with E-state index in [1.54, 1.807) is 11.3 Å². The van der Waals surface area contributed by atoms with Gasteiger partial charge in [0.05, 0.1) is 31.2 Å². The quantitative estimate of drug-likeness (QED) is 0.762. The molecule has 0 bridgehead atoms. The molecule has 1 aliphatic rings. The van der Waals surface area contributed by atoms with Crippen LogP contribution < -0.4 is 0 Å². The lowest BCUT2D eigenvalue weighted by Crippen LogP contribution is -2.44.